The lowest BCUT2D eigenvalue weighted by molar-refractivity contribution is -0.329. The number of nitrogens with two attached hydrogens (primary N) is 1. The highest BCUT2D eigenvalue weighted by atomic mass is 16.8. The largest absolute Gasteiger partial charge is 0.367 e. The van der Waals surface area contributed by atoms with Gasteiger partial charge < -0.3 is 5.73 Å². The summed E-state index contributed by atoms with van der Waals surface area (Å²) in [6, 6.07) is 0. The fraction of sp³-hybridized carbons (Fsp3) is 0.500. The summed E-state index contributed by atoms with van der Waals surface area (Å²) in [4.78, 5) is 0. The van der Waals surface area contributed by atoms with Crippen LogP contribution >= 0.6 is 0 Å². The van der Waals surface area contributed by atoms with Gasteiger partial charge in [-0.2, -0.15) is 5.10 Å². The van der Waals surface area contributed by atoms with E-state index in [9.17, 15) is 0 Å². The zero-order chi connectivity index (χ0) is 8.85. The van der Waals surface area contributed by atoms with Crippen LogP contribution in [0.3, 0.4) is 0 Å². The molecule has 7 heteroatoms. The first-order chi connectivity index (χ1) is 5.02. The summed E-state index contributed by atoms with van der Waals surface area (Å²) < 4.78 is 0. The van der Waals surface area contributed by atoms with E-state index in [-0.39, 0.29) is 11.3 Å². The second-order valence-corrected chi connectivity index (χ2v) is 1.93. The standard InChI is InChI=1S/C4H11N5O2/c1-3(2)6-7-4(5)8-9(10)11/h10-11H,1-2H3,(H3,5,7,8). The zero-order valence-corrected chi connectivity index (χ0v) is 6.31. The molecule has 0 aliphatic carbocycles. The van der Waals surface area contributed by atoms with Gasteiger partial charge in [-0.1, -0.05) is 0 Å². The molecule has 0 aromatic carbocycles. The molecule has 0 saturated carbocycles. The van der Waals surface area contributed by atoms with Gasteiger partial charge in [0.2, 0.25) is 5.96 Å². The Bertz CT molecular complexity index is 171. The van der Waals surface area contributed by atoms with Crippen LogP contribution in [-0.2, 0) is 0 Å². The van der Waals surface area contributed by atoms with E-state index in [0.29, 0.717) is 5.71 Å². The van der Waals surface area contributed by atoms with Crippen molar-refractivity contribution in [2.24, 2.45) is 15.9 Å². The molecule has 0 spiro atoms. The fourth-order valence-electron chi connectivity index (χ4n) is 0.279. The van der Waals surface area contributed by atoms with Crippen LogP contribution in [0, 0.1) is 0 Å². The lowest BCUT2D eigenvalue weighted by Gasteiger charge is -2.05. The highest BCUT2D eigenvalue weighted by Crippen LogP contribution is 1.76. The maximum atomic E-state index is 8.16. The van der Waals surface area contributed by atoms with E-state index in [4.69, 9.17) is 16.1 Å². The number of guanidine groups is 1. The number of rotatable bonds is 2. The molecule has 64 valence electrons. The van der Waals surface area contributed by atoms with Crippen molar-refractivity contribution in [2.75, 3.05) is 0 Å². The summed E-state index contributed by atoms with van der Waals surface area (Å²) in [5, 5.41) is 22.9. The van der Waals surface area contributed by atoms with Crippen molar-refractivity contribution in [3.8, 4) is 0 Å². The van der Waals surface area contributed by atoms with Crippen molar-refractivity contribution in [1.29, 1.82) is 0 Å². The first-order valence-corrected chi connectivity index (χ1v) is 2.81. The molecule has 0 atom stereocenters. The van der Waals surface area contributed by atoms with E-state index in [1.165, 1.54) is 0 Å². The summed E-state index contributed by atoms with van der Waals surface area (Å²) >= 11 is 0. The molecule has 7 nitrogen and oxygen atoms in total. The number of hydrazine groups is 1. The molecule has 0 heterocycles. The molecular weight excluding hydrogens is 150 g/mol. The third-order valence-corrected chi connectivity index (χ3v) is 0.572. The van der Waals surface area contributed by atoms with Crippen LogP contribution in [0.25, 0.3) is 0 Å². The Hall–Kier alpha value is -1.18. The van der Waals surface area contributed by atoms with Gasteiger partial charge in [-0.15, -0.1) is 5.10 Å². The van der Waals surface area contributed by atoms with E-state index in [1.54, 1.807) is 13.8 Å². The van der Waals surface area contributed by atoms with Crippen LogP contribution in [-0.4, -0.2) is 27.4 Å². The number of nitrogens with zero attached hydrogens (tertiary/aromatic N) is 3. The van der Waals surface area contributed by atoms with Crippen molar-refractivity contribution < 1.29 is 10.4 Å². The van der Waals surface area contributed by atoms with Gasteiger partial charge in [-0.3, -0.25) is 10.4 Å². The fourth-order valence-corrected chi connectivity index (χ4v) is 0.279. The topological polar surface area (TPSA) is 106 Å². The SMILES string of the molecule is CC(C)=N/N=C(\N)NN(O)O. The predicted molar refractivity (Wildman–Crippen MR) is 39.0 cm³/mol. The Morgan fingerprint density at radius 3 is 2.27 bits per heavy atom. The minimum atomic E-state index is -0.306. The smallest absolute Gasteiger partial charge is 0.232 e. The van der Waals surface area contributed by atoms with E-state index in [1.807, 2.05) is 5.43 Å². The van der Waals surface area contributed by atoms with Crippen molar-refractivity contribution in [1.82, 2.24) is 10.8 Å². The average Bonchev–Trinajstić information content (AvgIpc) is 1.82. The van der Waals surface area contributed by atoms with Crippen LogP contribution < -0.4 is 11.2 Å². The third-order valence-electron chi connectivity index (χ3n) is 0.572. The Morgan fingerprint density at radius 1 is 1.36 bits per heavy atom. The molecule has 0 fully saturated rings. The van der Waals surface area contributed by atoms with Gasteiger partial charge >= 0.3 is 0 Å². The first kappa shape index (κ1) is 9.82. The van der Waals surface area contributed by atoms with Crippen LogP contribution in [0.5, 0.6) is 0 Å². The molecule has 0 unspecified atom stereocenters. The Balaban J connectivity index is 3.91. The molecule has 0 radical (unpaired) electrons. The van der Waals surface area contributed by atoms with Gasteiger partial charge in [0.25, 0.3) is 0 Å². The highest BCUT2D eigenvalue weighted by molar-refractivity contribution is 5.81. The summed E-state index contributed by atoms with van der Waals surface area (Å²) in [6.45, 7) is 3.46. The first-order valence-electron chi connectivity index (χ1n) is 2.81. The molecule has 0 saturated heterocycles. The van der Waals surface area contributed by atoms with E-state index < -0.39 is 0 Å². The minimum absolute atomic E-state index is 0.212. The average molecular weight is 161 g/mol. The van der Waals surface area contributed by atoms with Gasteiger partial charge in [0.1, 0.15) is 0 Å². The van der Waals surface area contributed by atoms with E-state index in [0.717, 1.165) is 0 Å². The summed E-state index contributed by atoms with van der Waals surface area (Å²) in [7, 11) is 0. The quantitative estimate of drug-likeness (QED) is 0.243. The molecule has 5 N–H and O–H groups in total. The van der Waals surface area contributed by atoms with Crippen molar-refractivity contribution in [2.45, 2.75) is 13.8 Å². The van der Waals surface area contributed by atoms with Crippen molar-refractivity contribution >= 4 is 11.7 Å². The summed E-state index contributed by atoms with van der Waals surface area (Å²) in [5.74, 6) is -0.212. The van der Waals surface area contributed by atoms with Gasteiger partial charge in [0.05, 0.1) is 0 Å². The van der Waals surface area contributed by atoms with E-state index >= 15 is 0 Å². The zero-order valence-electron chi connectivity index (χ0n) is 6.31. The minimum Gasteiger partial charge on any atom is -0.367 e. The molecule has 0 bridgehead atoms. The van der Waals surface area contributed by atoms with Crippen LogP contribution in [0.15, 0.2) is 10.2 Å². The van der Waals surface area contributed by atoms with Gasteiger partial charge in [0, 0.05) is 11.0 Å². The second kappa shape index (κ2) is 4.61. The van der Waals surface area contributed by atoms with Gasteiger partial charge in [-0.05, 0) is 13.8 Å². The van der Waals surface area contributed by atoms with Crippen LogP contribution in [0.2, 0.25) is 0 Å². The predicted octanol–water partition coefficient (Wildman–Crippen LogP) is -0.718. The van der Waals surface area contributed by atoms with Gasteiger partial charge in [0.15, 0.2) is 0 Å². The van der Waals surface area contributed by atoms with Gasteiger partial charge in [-0.25, -0.2) is 5.43 Å². The Kier molecular flexibility index (Phi) is 4.11. The summed E-state index contributed by atoms with van der Waals surface area (Å²) in [5.41, 5.74) is 7.66. The highest BCUT2D eigenvalue weighted by Gasteiger charge is 1.92. The Morgan fingerprint density at radius 2 is 1.91 bits per heavy atom. The third kappa shape index (κ3) is 6.71. The molecule has 0 aromatic rings. The molecule has 0 aliphatic rings. The lowest BCUT2D eigenvalue weighted by Crippen LogP contribution is -2.41. The lowest BCUT2D eigenvalue weighted by atomic mass is 10.5. The molecule has 11 heavy (non-hydrogen) atoms. The summed E-state index contributed by atoms with van der Waals surface area (Å²) in [6.07, 6.45) is 0. The number of nitrogens with one attached hydrogen (secondary N) is 1. The Labute approximate surface area is 63.7 Å². The monoisotopic (exact) mass is 161 g/mol. The van der Waals surface area contributed by atoms with E-state index in [2.05, 4.69) is 10.2 Å². The molecule has 0 aromatic heterocycles. The second-order valence-electron chi connectivity index (χ2n) is 1.93. The van der Waals surface area contributed by atoms with Crippen LogP contribution in [0.1, 0.15) is 13.8 Å². The maximum absolute atomic E-state index is 8.16. The molecule has 0 amide bonds. The van der Waals surface area contributed by atoms with Crippen molar-refractivity contribution in [3.05, 3.63) is 0 Å². The normalized spacial score (nSPS) is 11.5. The molecule has 0 aliphatic heterocycles. The van der Waals surface area contributed by atoms with Crippen molar-refractivity contribution in [3.63, 3.8) is 0 Å². The number of hydrogen-bond donors (Lipinski definition) is 4. The molecular formula is C4H11N5O2. The molecule has 0 rings (SSSR count). The van der Waals surface area contributed by atoms with Crippen LogP contribution in [0.4, 0.5) is 0 Å². The number of hydrogen-bond acceptors (Lipinski definition) is 5. The maximum Gasteiger partial charge on any atom is 0.232 e.